The van der Waals surface area contributed by atoms with Crippen LogP contribution >= 0.6 is 0 Å². The first-order valence-electron chi connectivity index (χ1n) is 4.56. The van der Waals surface area contributed by atoms with E-state index in [1.165, 1.54) is 0 Å². The second kappa shape index (κ2) is 3.09. The fourth-order valence-electron chi connectivity index (χ4n) is 2.00. The summed E-state index contributed by atoms with van der Waals surface area (Å²) >= 11 is 0. The maximum Gasteiger partial charge on any atom is 0.0559 e. The van der Waals surface area contributed by atoms with Gasteiger partial charge in [-0.2, -0.15) is 0 Å². The first-order chi connectivity index (χ1) is 6.27. The summed E-state index contributed by atoms with van der Waals surface area (Å²) in [6.07, 6.45) is 3.09. The summed E-state index contributed by atoms with van der Waals surface area (Å²) in [6.45, 7) is 0.571. The molecule has 1 aliphatic carbocycles. The van der Waals surface area contributed by atoms with Crippen molar-refractivity contribution in [2.75, 3.05) is 6.54 Å². The highest BCUT2D eigenvalue weighted by molar-refractivity contribution is 5.22. The molecule has 70 valence electrons. The van der Waals surface area contributed by atoms with E-state index in [9.17, 15) is 5.11 Å². The normalized spacial score (nSPS) is 32.6. The summed E-state index contributed by atoms with van der Waals surface area (Å²) in [5.74, 6) is 0. The zero-order chi connectivity index (χ0) is 9.31. The van der Waals surface area contributed by atoms with Crippen LogP contribution in [0, 0.1) is 0 Å². The first kappa shape index (κ1) is 8.66. The van der Waals surface area contributed by atoms with Gasteiger partial charge in [-0.25, -0.2) is 0 Å². The molecule has 1 heterocycles. The summed E-state index contributed by atoms with van der Waals surface area (Å²) in [4.78, 5) is 4.29. The highest BCUT2D eigenvalue weighted by Gasteiger charge is 2.44. The molecule has 1 aromatic rings. The molecular weight excluding hydrogens is 164 g/mol. The number of aliphatic hydroxyl groups is 1. The monoisotopic (exact) mass is 178 g/mol. The van der Waals surface area contributed by atoms with Gasteiger partial charge in [0.2, 0.25) is 0 Å². The molecule has 3 N–H and O–H groups in total. The number of hydrogen-bond acceptors (Lipinski definition) is 3. The van der Waals surface area contributed by atoms with Crippen LogP contribution in [0.3, 0.4) is 0 Å². The van der Waals surface area contributed by atoms with Gasteiger partial charge < -0.3 is 10.8 Å². The van der Waals surface area contributed by atoms with Crippen LogP contribution in [0.4, 0.5) is 0 Å². The molecule has 0 aromatic carbocycles. The third kappa shape index (κ3) is 1.34. The minimum absolute atomic E-state index is 0.0549. The smallest absolute Gasteiger partial charge is 0.0559 e. The molecular formula is C10H14N2O. The fourth-order valence-corrected chi connectivity index (χ4v) is 2.00. The Morgan fingerprint density at radius 1 is 1.54 bits per heavy atom. The molecule has 0 bridgehead atoms. The van der Waals surface area contributed by atoms with Crippen LogP contribution in [0.1, 0.15) is 18.5 Å². The van der Waals surface area contributed by atoms with E-state index in [1.54, 1.807) is 6.20 Å². The minimum Gasteiger partial charge on any atom is -0.393 e. The van der Waals surface area contributed by atoms with Crippen molar-refractivity contribution in [1.29, 1.82) is 0 Å². The Morgan fingerprint density at radius 3 is 2.77 bits per heavy atom. The predicted octanol–water partition coefficient (Wildman–Crippen LogP) is 0.433. The second-order valence-corrected chi connectivity index (χ2v) is 3.76. The van der Waals surface area contributed by atoms with Crippen LogP contribution in [-0.2, 0) is 5.41 Å². The zero-order valence-electron chi connectivity index (χ0n) is 7.48. The predicted molar refractivity (Wildman–Crippen MR) is 50.2 cm³/mol. The number of pyridine rings is 1. The maximum absolute atomic E-state index is 9.29. The lowest BCUT2D eigenvalue weighted by atomic mass is 9.64. The van der Waals surface area contributed by atoms with Crippen molar-refractivity contribution >= 4 is 0 Å². The largest absolute Gasteiger partial charge is 0.393 e. The fraction of sp³-hybridized carbons (Fsp3) is 0.500. The van der Waals surface area contributed by atoms with Gasteiger partial charge in [-0.1, -0.05) is 6.07 Å². The molecule has 0 amide bonds. The van der Waals surface area contributed by atoms with E-state index >= 15 is 0 Å². The van der Waals surface area contributed by atoms with Crippen molar-refractivity contribution in [2.24, 2.45) is 5.73 Å². The maximum atomic E-state index is 9.29. The summed E-state index contributed by atoms with van der Waals surface area (Å²) in [5, 5.41) is 9.29. The highest BCUT2D eigenvalue weighted by Crippen LogP contribution is 2.41. The summed E-state index contributed by atoms with van der Waals surface area (Å²) in [6, 6.07) is 5.84. The average Bonchev–Trinajstić information content (AvgIpc) is 2.14. The Hall–Kier alpha value is -0.930. The molecule has 0 atom stereocenters. The Kier molecular flexibility index (Phi) is 2.06. The van der Waals surface area contributed by atoms with E-state index in [0.717, 1.165) is 18.5 Å². The van der Waals surface area contributed by atoms with Gasteiger partial charge in [0.05, 0.1) is 6.10 Å². The lowest BCUT2D eigenvalue weighted by Crippen LogP contribution is -2.50. The van der Waals surface area contributed by atoms with E-state index in [2.05, 4.69) is 4.98 Å². The van der Waals surface area contributed by atoms with Gasteiger partial charge in [0.25, 0.3) is 0 Å². The Labute approximate surface area is 77.6 Å². The number of rotatable bonds is 2. The number of nitrogens with two attached hydrogens (primary N) is 1. The highest BCUT2D eigenvalue weighted by atomic mass is 16.3. The molecule has 2 rings (SSSR count). The van der Waals surface area contributed by atoms with Gasteiger partial charge in [0.15, 0.2) is 0 Å². The van der Waals surface area contributed by atoms with Crippen molar-refractivity contribution in [3.63, 3.8) is 0 Å². The number of hydrogen-bond donors (Lipinski definition) is 2. The van der Waals surface area contributed by atoms with Crippen LogP contribution < -0.4 is 5.73 Å². The van der Waals surface area contributed by atoms with E-state index in [0.29, 0.717) is 6.54 Å². The van der Waals surface area contributed by atoms with Gasteiger partial charge in [-0.15, -0.1) is 0 Å². The molecule has 0 aliphatic heterocycles. The number of nitrogens with zero attached hydrogens (tertiary/aromatic N) is 1. The van der Waals surface area contributed by atoms with E-state index in [1.807, 2.05) is 18.2 Å². The van der Waals surface area contributed by atoms with Crippen LogP contribution in [-0.4, -0.2) is 22.7 Å². The Balaban J connectivity index is 2.24. The minimum atomic E-state index is -0.189. The topological polar surface area (TPSA) is 59.1 Å². The molecule has 3 heteroatoms. The zero-order valence-corrected chi connectivity index (χ0v) is 7.48. The summed E-state index contributed by atoms with van der Waals surface area (Å²) < 4.78 is 0. The van der Waals surface area contributed by atoms with Gasteiger partial charge in [-0.3, -0.25) is 4.98 Å². The van der Waals surface area contributed by atoms with E-state index < -0.39 is 0 Å². The molecule has 1 fully saturated rings. The Morgan fingerprint density at radius 2 is 2.31 bits per heavy atom. The molecule has 1 aromatic heterocycles. The van der Waals surface area contributed by atoms with E-state index in [-0.39, 0.29) is 11.5 Å². The van der Waals surface area contributed by atoms with Crippen molar-refractivity contribution < 1.29 is 5.11 Å². The molecule has 3 nitrogen and oxygen atoms in total. The van der Waals surface area contributed by atoms with Crippen LogP contribution in [0.25, 0.3) is 0 Å². The van der Waals surface area contributed by atoms with E-state index in [4.69, 9.17) is 5.73 Å². The third-order valence-electron chi connectivity index (χ3n) is 2.85. The van der Waals surface area contributed by atoms with Crippen LogP contribution in [0.15, 0.2) is 24.4 Å². The molecule has 0 unspecified atom stereocenters. The SMILES string of the molecule is NCC1(c2ccccn2)CC(O)C1. The molecule has 0 saturated heterocycles. The summed E-state index contributed by atoms with van der Waals surface area (Å²) in [5.41, 5.74) is 6.67. The van der Waals surface area contributed by atoms with Crippen molar-refractivity contribution in [3.05, 3.63) is 30.1 Å². The molecule has 0 radical (unpaired) electrons. The van der Waals surface area contributed by atoms with Gasteiger partial charge in [0.1, 0.15) is 0 Å². The third-order valence-corrected chi connectivity index (χ3v) is 2.85. The molecule has 0 spiro atoms. The summed E-state index contributed by atoms with van der Waals surface area (Å²) in [7, 11) is 0. The molecule has 1 saturated carbocycles. The molecule has 1 aliphatic rings. The molecule has 13 heavy (non-hydrogen) atoms. The van der Waals surface area contributed by atoms with Crippen LogP contribution in [0.2, 0.25) is 0 Å². The van der Waals surface area contributed by atoms with Gasteiger partial charge >= 0.3 is 0 Å². The number of aliphatic hydroxyl groups excluding tert-OH is 1. The quantitative estimate of drug-likeness (QED) is 0.690. The second-order valence-electron chi connectivity index (χ2n) is 3.76. The van der Waals surface area contributed by atoms with Gasteiger partial charge in [0, 0.05) is 23.9 Å². The van der Waals surface area contributed by atoms with Crippen molar-refractivity contribution in [1.82, 2.24) is 4.98 Å². The Bertz CT molecular complexity index is 280. The lowest BCUT2D eigenvalue weighted by Gasteiger charge is -2.44. The standard InChI is InChI=1S/C10H14N2O/c11-7-10(5-8(13)6-10)9-3-1-2-4-12-9/h1-4,8,13H,5-7,11H2. The number of aromatic nitrogens is 1. The van der Waals surface area contributed by atoms with Crippen molar-refractivity contribution in [3.8, 4) is 0 Å². The average molecular weight is 178 g/mol. The first-order valence-corrected chi connectivity index (χ1v) is 4.56. The van der Waals surface area contributed by atoms with Crippen molar-refractivity contribution in [2.45, 2.75) is 24.4 Å². The lowest BCUT2D eigenvalue weighted by molar-refractivity contribution is 0.0201. The van der Waals surface area contributed by atoms with Gasteiger partial charge in [-0.05, 0) is 25.0 Å². The van der Waals surface area contributed by atoms with Crippen LogP contribution in [0.5, 0.6) is 0 Å².